The summed E-state index contributed by atoms with van der Waals surface area (Å²) in [4.78, 5) is 10.2. The van der Waals surface area contributed by atoms with E-state index in [1.165, 1.54) is 16.4 Å². The van der Waals surface area contributed by atoms with E-state index in [2.05, 4.69) is 5.43 Å². The molecule has 0 aliphatic carbocycles. The summed E-state index contributed by atoms with van der Waals surface area (Å²) >= 11 is 0. The van der Waals surface area contributed by atoms with Crippen molar-refractivity contribution in [2.24, 2.45) is 11.8 Å². The molecule has 1 fully saturated rings. The van der Waals surface area contributed by atoms with Crippen molar-refractivity contribution in [3.05, 3.63) is 28.3 Å². The number of nitrogens with two attached hydrogens (primary N) is 1. The van der Waals surface area contributed by atoms with Crippen molar-refractivity contribution in [1.82, 2.24) is 4.31 Å². The van der Waals surface area contributed by atoms with Crippen LogP contribution in [0.2, 0.25) is 0 Å². The number of nitro groups is 1. The lowest BCUT2D eigenvalue weighted by atomic mass is 10.0. The normalized spacial score (nSPS) is 20.2. The maximum absolute atomic E-state index is 12.6. The number of nitrogen functional groups attached to an aromatic ring is 1. The molecule has 0 aromatic heterocycles. The smallest absolute Gasteiger partial charge is 0.293 e. The molecule has 2 rings (SSSR count). The Labute approximate surface area is 123 Å². The first-order chi connectivity index (χ1) is 9.86. The van der Waals surface area contributed by atoms with Crippen LogP contribution in [0.4, 0.5) is 11.4 Å². The fraction of sp³-hybridized carbons (Fsp3) is 0.500. The van der Waals surface area contributed by atoms with Crippen LogP contribution in [0.1, 0.15) is 19.8 Å². The Morgan fingerprint density at radius 1 is 1.48 bits per heavy atom. The standard InChI is InChI=1S/C12H18N4O4S/c1-9-3-2-6-15(8-9)21(19,20)10-4-5-12(16(17)18)11(7-10)14-13/h4-5,7,9,14H,2-3,6,8,13H2,1H3. The fourth-order valence-electron chi connectivity index (χ4n) is 2.46. The highest BCUT2D eigenvalue weighted by molar-refractivity contribution is 7.89. The molecule has 1 aromatic carbocycles. The van der Waals surface area contributed by atoms with Gasteiger partial charge in [0.05, 0.1) is 9.82 Å². The van der Waals surface area contributed by atoms with Crippen LogP contribution in [0, 0.1) is 16.0 Å². The molecule has 1 unspecified atom stereocenters. The molecule has 21 heavy (non-hydrogen) atoms. The van der Waals surface area contributed by atoms with Gasteiger partial charge in [-0.2, -0.15) is 4.31 Å². The average molecular weight is 314 g/mol. The summed E-state index contributed by atoms with van der Waals surface area (Å²) in [6.45, 7) is 2.93. The van der Waals surface area contributed by atoms with Gasteiger partial charge in [-0.15, -0.1) is 0 Å². The van der Waals surface area contributed by atoms with Crippen LogP contribution in [-0.4, -0.2) is 30.7 Å². The quantitative estimate of drug-likeness (QED) is 0.491. The van der Waals surface area contributed by atoms with Gasteiger partial charge in [0, 0.05) is 19.2 Å². The number of hydrogen-bond donors (Lipinski definition) is 2. The molecule has 1 aliphatic rings. The van der Waals surface area contributed by atoms with Crippen LogP contribution in [0.3, 0.4) is 0 Å². The van der Waals surface area contributed by atoms with Gasteiger partial charge in [0.25, 0.3) is 5.69 Å². The van der Waals surface area contributed by atoms with Crippen LogP contribution >= 0.6 is 0 Å². The first-order valence-electron chi connectivity index (χ1n) is 6.61. The van der Waals surface area contributed by atoms with Gasteiger partial charge < -0.3 is 5.43 Å². The molecule has 8 nitrogen and oxygen atoms in total. The number of piperidine rings is 1. The lowest BCUT2D eigenvalue weighted by Gasteiger charge is -2.30. The van der Waals surface area contributed by atoms with Crippen molar-refractivity contribution in [3.8, 4) is 0 Å². The predicted molar refractivity (Wildman–Crippen MR) is 78.1 cm³/mol. The monoisotopic (exact) mass is 314 g/mol. The minimum atomic E-state index is -3.65. The summed E-state index contributed by atoms with van der Waals surface area (Å²) in [6.07, 6.45) is 1.82. The molecule has 1 atom stereocenters. The van der Waals surface area contributed by atoms with Crippen molar-refractivity contribution in [3.63, 3.8) is 0 Å². The molecular formula is C12H18N4O4S. The number of nitrogens with zero attached hydrogens (tertiary/aromatic N) is 2. The number of nitro benzene ring substituents is 1. The summed E-state index contributed by atoms with van der Waals surface area (Å²) < 4.78 is 26.6. The van der Waals surface area contributed by atoms with E-state index in [-0.39, 0.29) is 16.3 Å². The Kier molecular flexibility index (Phi) is 4.45. The second-order valence-corrected chi connectivity index (χ2v) is 7.13. The van der Waals surface area contributed by atoms with E-state index >= 15 is 0 Å². The molecule has 1 heterocycles. The zero-order valence-corrected chi connectivity index (χ0v) is 12.5. The SMILES string of the molecule is CC1CCCN(S(=O)(=O)c2ccc([N+](=O)[O-])c(NN)c2)C1. The van der Waals surface area contributed by atoms with Gasteiger partial charge in [-0.05, 0) is 30.9 Å². The lowest BCUT2D eigenvalue weighted by molar-refractivity contribution is -0.384. The summed E-state index contributed by atoms with van der Waals surface area (Å²) in [6, 6.07) is 3.59. The predicted octanol–water partition coefficient (Wildman–Crippen LogP) is 1.30. The molecule has 0 amide bonds. The topological polar surface area (TPSA) is 119 Å². The van der Waals surface area contributed by atoms with Gasteiger partial charge in [-0.3, -0.25) is 16.0 Å². The summed E-state index contributed by atoms with van der Waals surface area (Å²) in [5.41, 5.74) is 1.89. The first kappa shape index (κ1) is 15.7. The molecule has 0 saturated carbocycles. The van der Waals surface area contributed by atoms with Crippen molar-refractivity contribution in [1.29, 1.82) is 0 Å². The minimum Gasteiger partial charge on any atom is -0.318 e. The Hall–Kier alpha value is -1.71. The van der Waals surface area contributed by atoms with Gasteiger partial charge >= 0.3 is 0 Å². The van der Waals surface area contributed by atoms with Gasteiger partial charge in [-0.25, -0.2) is 8.42 Å². The van der Waals surface area contributed by atoms with Crippen LogP contribution in [0.25, 0.3) is 0 Å². The van der Waals surface area contributed by atoms with Crippen LogP contribution in [0.5, 0.6) is 0 Å². The van der Waals surface area contributed by atoms with E-state index in [1.807, 2.05) is 6.92 Å². The Morgan fingerprint density at radius 2 is 2.19 bits per heavy atom. The van der Waals surface area contributed by atoms with E-state index in [0.29, 0.717) is 19.0 Å². The summed E-state index contributed by atoms with van der Waals surface area (Å²) in [7, 11) is -3.65. The molecule has 0 radical (unpaired) electrons. The summed E-state index contributed by atoms with van der Waals surface area (Å²) in [5.74, 6) is 5.54. The number of anilines is 1. The molecule has 9 heteroatoms. The Balaban J connectivity index is 2.38. The molecule has 1 aliphatic heterocycles. The summed E-state index contributed by atoms with van der Waals surface area (Å²) in [5, 5.41) is 10.8. The third-order valence-corrected chi connectivity index (χ3v) is 5.44. The number of hydrazine groups is 1. The third kappa shape index (κ3) is 3.14. The molecule has 1 saturated heterocycles. The van der Waals surface area contributed by atoms with Crippen LogP contribution < -0.4 is 11.3 Å². The number of nitrogens with one attached hydrogen (secondary N) is 1. The Bertz CT molecular complexity index is 647. The van der Waals surface area contributed by atoms with Gasteiger partial charge in [0.1, 0.15) is 5.69 Å². The highest BCUT2D eigenvalue weighted by Gasteiger charge is 2.29. The maximum atomic E-state index is 12.6. The van der Waals surface area contributed by atoms with Crippen molar-refractivity contribution in [2.75, 3.05) is 18.5 Å². The largest absolute Gasteiger partial charge is 0.318 e. The second-order valence-electron chi connectivity index (χ2n) is 5.19. The number of sulfonamides is 1. The van der Waals surface area contributed by atoms with Gasteiger partial charge in [-0.1, -0.05) is 6.92 Å². The van der Waals surface area contributed by atoms with E-state index in [9.17, 15) is 18.5 Å². The molecule has 3 N–H and O–H groups in total. The van der Waals surface area contributed by atoms with E-state index < -0.39 is 14.9 Å². The van der Waals surface area contributed by atoms with Gasteiger partial charge in [0.2, 0.25) is 10.0 Å². The highest BCUT2D eigenvalue weighted by Crippen LogP contribution is 2.29. The highest BCUT2D eigenvalue weighted by atomic mass is 32.2. The average Bonchev–Trinajstić information content (AvgIpc) is 2.46. The maximum Gasteiger partial charge on any atom is 0.293 e. The zero-order valence-electron chi connectivity index (χ0n) is 11.7. The Morgan fingerprint density at radius 3 is 2.76 bits per heavy atom. The van der Waals surface area contributed by atoms with Gasteiger partial charge in [0.15, 0.2) is 0 Å². The number of benzene rings is 1. The van der Waals surface area contributed by atoms with Crippen LogP contribution in [0.15, 0.2) is 23.1 Å². The van der Waals surface area contributed by atoms with Crippen LogP contribution in [-0.2, 0) is 10.0 Å². The second kappa shape index (κ2) is 5.96. The fourth-order valence-corrected chi connectivity index (χ4v) is 4.09. The molecule has 1 aromatic rings. The van der Waals surface area contributed by atoms with E-state index in [1.54, 1.807) is 0 Å². The molecule has 0 bridgehead atoms. The first-order valence-corrected chi connectivity index (χ1v) is 8.05. The molecule has 0 spiro atoms. The van der Waals surface area contributed by atoms with E-state index in [4.69, 9.17) is 5.84 Å². The van der Waals surface area contributed by atoms with Crippen molar-refractivity contribution < 1.29 is 13.3 Å². The van der Waals surface area contributed by atoms with Crippen molar-refractivity contribution >= 4 is 21.4 Å². The number of hydrogen-bond acceptors (Lipinski definition) is 6. The minimum absolute atomic E-state index is 0.00940. The number of rotatable bonds is 4. The molecular weight excluding hydrogens is 296 g/mol. The lowest BCUT2D eigenvalue weighted by Crippen LogP contribution is -2.39. The third-order valence-electron chi connectivity index (χ3n) is 3.58. The zero-order chi connectivity index (χ0) is 15.6. The van der Waals surface area contributed by atoms with E-state index in [0.717, 1.165) is 18.9 Å². The van der Waals surface area contributed by atoms with Crippen molar-refractivity contribution in [2.45, 2.75) is 24.7 Å². The molecule has 116 valence electrons.